The molecule has 0 rings (SSSR count). The van der Waals surface area contributed by atoms with Crippen molar-refractivity contribution in [2.24, 2.45) is 0 Å². The van der Waals surface area contributed by atoms with E-state index in [1.807, 2.05) is 21.1 Å². The second-order valence-corrected chi connectivity index (χ2v) is 20.6. The molecule has 0 bridgehead atoms. The molecule has 8 nitrogen and oxygen atoms in total. The zero-order valence-corrected chi connectivity index (χ0v) is 44.3. The lowest BCUT2D eigenvalue weighted by Gasteiger charge is -2.30. The molecule has 0 aromatic rings. The highest BCUT2D eigenvalue weighted by atomic mass is 31.2. The second kappa shape index (κ2) is 47.7. The number of likely N-dealkylation sites (N-methyl/N-ethyl adjacent to an activating group) is 1. The molecule has 0 aliphatic rings. The number of amides is 1. The zero-order chi connectivity index (χ0) is 48.5. The second-order valence-electron chi connectivity index (χ2n) is 19.2. The van der Waals surface area contributed by atoms with E-state index in [1.165, 1.54) is 109 Å². The maximum atomic E-state index is 12.9. The molecule has 0 heterocycles. The number of phosphoric acid groups is 1. The van der Waals surface area contributed by atoms with Gasteiger partial charge in [0.1, 0.15) is 13.2 Å². The topological polar surface area (TPSA) is 108 Å². The van der Waals surface area contributed by atoms with Crippen LogP contribution in [-0.4, -0.2) is 68.5 Å². The third kappa shape index (κ3) is 49.6. The summed E-state index contributed by atoms with van der Waals surface area (Å²) in [7, 11) is 1.29. The van der Waals surface area contributed by atoms with Crippen molar-refractivity contribution in [3.63, 3.8) is 0 Å². The highest BCUT2D eigenvalue weighted by molar-refractivity contribution is 7.45. The van der Waals surface area contributed by atoms with Crippen LogP contribution in [0.5, 0.6) is 0 Å². The van der Waals surface area contributed by atoms with Gasteiger partial charge >= 0.3 is 0 Å². The van der Waals surface area contributed by atoms with Crippen LogP contribution in [0.15, 0.2) is 85.1 Å². The molecule has 0 radical (unpaired) electrons. The summed E-state index contributed by atoms with van der Waals surface area (Å²) in [6.07, 6.45) is 66.1. The number of quaternary nitrogens is 1. The molecule has 0 spiro atoms. The van der Waals surface area contributed by atoms with Crippen molar-refractivity contribution >= 4 is 13.7 Å². The van der Waals surface area contributed by atoms with Gasteiger partial charge < -0.3 is 28.8 Å². The molecule has 1 amide bonds. The van der Waals surface area contributed by atoms with Crippen LogP contribution in [0.3, 0.4) is 0 Å². The van der Waals surface area contributed by atoms with Crippen molar-refractivity contribution in [1.82, 2.24) is 5.32 Å². The maximum Gasteiger partial charge on any atom is 0.268 e. The third-order valence-electron chi connectivity index (χ3n) is 11.6. The van der Waals surface area contributed by atoms with Gasteiger partial charge in [-0.1, -0.05) is 227 Å². The smallest absolute Gasteiger partial charge is 0.268 e. The summed E-state index contributed by atoms with van der Waals surface area (Å²) in [5.41, 5.74) is 0. The Morgan fingerprint density at radius 3 is 1.35 bits per heavy atom. The number of carbonyl (C=O) groups excluding carboxylic acids is 1. The predicted molar refractivity (Wildman–Crippen MR) is 283 cm³/mol. The van der Waals surface area contributed by atoms with E-state index in [2.05, 4.69) is 104 Å². The molecule has 2 N–H and O–H groups in total. The Hall–Kier alpha value is -2.32. The van der Waals surface area contributed by atoms with Crippen molar-refractivity contribution in [3.8, 4) is 0 Å². The quantitative estimate of drug-likeness (QED) is 0.0272. The minimum absolute atomic E-state index is 0.00827. The Morgan fingerprint density at radius 1 is 0.545 bits per heavy atom. The van der Waals surface area contributed by atoms with E-state index < -0.39 is 20.0 Å². The van der Waals surface area contributed by atoms with Crippen LogP contribution in [0, 0.1) is 0 Å². The van der Waals surface area contributed by atoms with Crippen molar-refractivity contribution in [2.75, 3.05) is 40.9 Å². The summed E-state index contributed by atoms with van der Waals surface area (Å²) in [5, 5.41) is 13.9. The lowest BCUT2D eigenvalue weighted by Crippen LogP contribution is -2.46. The molecular formula is C57H103N2O6P. The Kier molecular flexibility index (Phi) is 46.1. The van der Waals surface area contributed by atoms with E-state index in [0.717, 1.165) is 83.5 Å². The molecule has 0 saturated heterocycles. The van der Waals surface area contributed by atoms with Crippen LogP contribution >= 0.6 is 7.82 Å². The van der Waals surface area contributed by atoms with Gasteiger partial charge in [0.15, 0.2) is 0 Å². The minimum Gasteiger partial charge on any atom is -0.756 e. The van der Waals surface area contributed by atoms with Gasteiger partial charge in [0.05, 0.1) is 39.9 Å². The summed E-state index contributed by atoms with van der Waals surface area (Å²) >= 11 is 0. The van der Waals surface area contributed by atoms with Crippen LogP contribution in [0.25, 0.3) is 0 Å². The number of carbonyl (C=O) groups is 1. The average Bonchev–Trinajstić information content (AvgIpc) is 3.28. The summed E-state index contributed by atoms with van der Waals surface area (Å²) < 4.78 is 23.3. The van der Waals surface area contributed by atoms with E-state index in [1.54, 1.807) is 0 Å². The van der Waals surface area contributed by atoms with Crippen molar-refractivity contribution in [3.05, 3.63) is 85.1 Å². The Morgan fingerprint density at radius 2 is 0.924 bits per heavy atom. The first-order chi connectivity index (χ1) is 32.0. The fourth-order valence-electron chi connectivity index (χ4n) is 7.43. The van der Waals surface area contributed by atoms with Crippen molar-refractivity contribution in [2.45, 2.75) is 231 Å². The molecule has 0 fully saturated rings. The monoisotopic (exact) mass is 943 g/mol. The molecule has 0 aromatic heterocycles. The number of aliphatic hydroxyl groups is 1. The van der Waals surface area contributed by atoms with Gasteiger partial charge in [-0.15, -0.1) is 0 Å². The molecule has 3 unspecified atom stereocenters. The first-order valence-corrected chi connectivity index (χ1v) is 28.4. The van der Waals surface area contributed by atoms with Crippen LogP contribution in [0.4, 0.5) is 0 Å². The number of hydrogen-bond acceptors (Lipinski definition) is 6. The molecule has 66 heavy (non-hydrogen) atoms. The number of phosphoric ester groups is 1. The largest absolute Gasteiger partial charge is 0.756 e. The number of aliphatic hydroxyl groups excluding tert-OH is 1. The van der Waals surface area contributed by atoms with Crippen molar-refractivity contribution < 1.29 is 32.9 Å². The maximum absolute atomic E-state index is 12.9. The minimum atomic E-state index is -4.57. The molecule has 0 aromatic carbocycles. The summed E-state index contributed by atoms with van der Waals surface area (Å²) in [5.74, 6) is -0.173. The Bertz CT molecular complexity index is 1350. The number of allylic oxidation sites excluding steroid dienone is 14. The molecule has 0 aliphatic heterocycles. The molecule has 0 aliphatic carbocycles. The van der Waals surface area contributed by atoms with Crippen LogP contribution in [0.1, 0.15) is 219 Å². The van der Waals surface area contributed by atoms with Gasteiger partial charge in [-0.25, -0.2) is 0 Å². The van der Waals surface area contributed by atoms with E-state index >= 15 is 0 Å². The predicted octanol–water partition coefficient (Wildman–Crippen LogP) is 15.5. The van der Waals surface area contributed by atoms with Crippen LogP contribution < -0.4 is 10.2 Å². The number of nitrogens with one attached hydrogen (secondary N) is 1. The summed E-state index contributed by atoms with van der Waals surface area (Å²) in [6, 6.07) is -0.805. The third-order valence-corrected chi connectivity index (χ3v) is 12.6. The fraction of sp³-hybridized carbons (Fsp3) is 0.737. The van der Waals surface area contributed by atoms with Gasteiger partial charge in [-0.05, 0) is 70.6 Å². The van der Waals surface area contributed by atoms with Gasteiger partial charge in [-0.3, -0.25) is 9.36 Å². The number of nitrogens with zero attached hydrogens (tertiary/aromatic N) is 1. The number of hydrogen-bond donors (Lipinski definition) is 2. The highest BCUT2D eigenvalue weighted by Gasteiger charge is 2.24. The standard InChI is InChI=1S/C57H103N2O6P/c1-6-8-10-12-14-16-18-19-20-21-22-23-24-25-26-27-28-29-30-31-32-33-34-35-36-37-38-39-41-43-45-47-49-51-57(61)58-55(54-65-66(62,63)64-53-52-59(3,4)5)56(60)50-48-46-44-42-40-17-15-13-11-9-7-2/h8,10,14,16,19-20,22-23,25-26,28-29,31-32,55-56,60H,6-7,9,11-13,15,17-18,21,24,27,30,33-54H2,1-5H3,(H-,58,61,62,63)/b10-8-,16-14-,20-19-,23-22-,26-25-,29-28-,32-31-. The lowest BCUT2D eigenvalue weighted by atomic mass is 10.0. The average molecular weight is 943 g/mol. The zero-order valence-electron chi connectivity index (χ0n) is 43.4. The van der Waals surface area contributed by atoms with Crippen LogP contribution in [0.2, 0.25) is 0 Å². The summed E-state index contributed by atoms with van der Waals surface area (Å²) in [4.78, 5) is 25.4. The molecule has 9 heteroatoms. The Labute approximate surface area is 407 Å². The molecular weight excluding hydrogens is 840 g/mol. The van der Waals surface area contributed by atoms with E-state index in [0.29, 0.717) is 23.9 Å². The SMILES string of the molecule is CC/C=C\C/C=C\C/C=C\C/C=C\C/C=C\C/C=C\C/C=C\CCCCCCCCCCCCCC(=O)NC(COP(=O)([O-])OCC[N+](C)(C)C)C(O)CCCCCCCCCCCCC. The molecule has 0 saturated carbocycles. The summed E-state index contributed by atoms with van der Waals surface area (Å²) in [6.45, 7) is 4.58. The molecule has 3 atom stereocenters. The highest BCUT2D eigenvalue weighted by Crippen LogP contribution is 2.38. The van der Waals surface area contributed by atoms with E-state index in [4.69, 9.17) is 9.05 Å². The fourth-order valence-corrected chi connectivity index (χ4v) is 8.15. The number of unbranched alkanes of at least 4 members (excludes halogenated alkanes) is 21. The van der Waals surface area contributed by atoms with Gasteiger partial charge in [-0.2, -0.15) is 0 Å². The van der Waals surface area contributed by atoms with E-state index in [9.17, 15) is 19.4 Å². The lowest BCUT2D eigenvalue weighted by molar-refractivity contribution is -0.870. The molecule has 382 valence electrons. The Balaban J connectivity index is 4.08. The normalized spacial score (nSPS) is 14.7. The first-order valence-electron chi connectivity index (χ1n) is 26.9. The first kappa shape index (κ1) is 63.7. The van der Waals surface area contributed by atoms with Gasteiger partial charge in [0, 0.05) is 6.42 Å². The van der Waals surface area contributed by atoms with E-state index in [-0.39, 0.29) is 19.1 Å². The van der Waals surface area contributed by atoms with Gasteiger partial charge in [0.2, 0.25) is 5.91 Å². The number of rotatable bonds is 48. The van der Waals surface area contributed by atoms with Gasteiger partial charge in [0.25, 0.3) is 7.82 Å². The van der Waals surface area contributed by atoms with Crippen molar-refractivity contribution in [1.29, 1.82) is 0 Å². The van der Waals surface area contributed by atoms with Crippen LogP contribution in [-0.2, 0) is 18.4 Å².